The maximum Gasteiger partial charge on any atom is 0.203 e. The summed E-state index contributed by atoms with van der Waals surface area (Å²) in [7, 11) is 4.73. The summed E-state index contributed by atoms with van der Waals surface area (Å²) in [5, 5.41) is 0. The Hall–Kier alpha value is -3.13. The molecule has 4 N–H and O–H groups in total. The highest BCUT2D eigenvalue weighted by molar-refractivity contribution is 6.34. The second-order valence-electron chi connectivity index (χ2n) is 5.61. The maximum atomic E-state index is 5.94. The molecule has 0 bridgehead atoms. The number of hydrogen-bond acceptors (Lipinski definition) is 8. The predicted octanol–water partition coefficient (Wildman–Crippen LogP) is 1.20. The van der Waals surface area contributed by atoms with Gasteiger partial charge in [0, 0.05) is 5.57 Å². The van der Waals surface area contributed by atoms with Crippen molar-refractivity contribution < 1.29 is 14.2 Å². The van der Waals surface area contributed by atoms with E-state index < -0.39 is 6.29 Å². The smallest absolute Gasteiger partial charge is 0.203 e. The molecule has 0 radical (unpaired) electrons. The van der Waals surface area contributed by atoms with Gasteiger partial charge in [-0.3, -0.25) is 10.7 Å². The molecule has 1 unspecified atom stereocenters. The van der Waals surface area contributed by atoms with Gasteiger partial charge in [-0.05, 0) is 35.9 Å². The maximum absolute atomic E-state index is 5.94. The molecule has 8 heteroatoms. The molecule has 0 spiro atoms. The largest absolute Gasteiger partial charge is 0.493 e. The zero-order valence-corrected chi connectivity index (χ0v) is 14.9. The van der Waals surface area contributed by atoms with Crippen LogP contribution >= 0.6 is 0 Å². The van der Waals surface area contributed by atoms with Gasteiger partial charge in [-0.15, -0.1) is 0 Å². The van der Waals surface area contributed by atoms with E-state index in [9.17, 15) is 0 Å². The van der Waals surface area contributed by atoms with Crippen molar-refractivity contribution in [2.45, 2.75) is 12.8 Å². The Morgan fingerprint density at radius 2 is 1.73 bits per heavy atom. The third-order valence-electron chi connectivity index (χ3n) is 3.97. The molecule has 1 aliphatic heterocycles. The van der Waals surface area contributed by atoms with E-state index in [1.54, 1.807) is 21.3 Å². The van der Waals surface area contributed by atoms with E-state index >= 15 is 0 Å². The molecular weight excluding hydrogens is 334 g/mol. The van der Waals surface area contributed by atoms with Crippen LogP contribution in [0.5, 0.6) is 17.2 Å². The monoisotopic (exact) mass is 355 g/mol. The standard InChI is InChI=1S/C18H21N5O3/c1-24-14-6-10(7-15(25-2)16(14)26-3)9-21-11-4-5-13-12(8-11)17(19)23-18(20)22-13/h4-8,18H,9,20H2,1-3H3,(H2,19,23)/b21-11-. The van der Waals surface area contributed by atoms with E-state index in [1.165, 1.54) is 0 Å². The summed E-state index contributed by atoms with van der Waals surface area (Å²) in [6.07, 6.45) is 4.90. The summed E-state index contributed by atoms with van der Waals surface area (Å²) in [5.41, 5.74) is 14.8. The van der Waals surface area contributed by atoms with Crippen LogP contribution in [-0.2, 0) is 6.54 Å². The number of nitrogens with zero attached hydrogens (tertiary/aromatic N) is 3. The van der Waals surface area contributed by atoms with Crippen LogP contribution in [-0.4, -0.2) is 44.9 Å². The molecule has 3 rings (SSSR count). The average Bonchev–Trinajstić information content (AvgIpc) is 2.65. The first-order chi connectivity index (χ1) is 12.5. The zero-order chi connectivity index (χ0) is 18.7. The van der Waals surface area contributed by atoms with Gasteiger partial charge >= 0.3 is 0 Å². The van der Waals surface area contributed by atoms with Crippen molar-refractivity contribution in [2.75, 3.05) is 21.3 Å². The van der Waals surface area contributed by atoms with Crippen molar-refractivity contribution in [1.82, 2.24) is 0 Å². The van der Waals surface area contributed by atoms with E-state index in [-0.39, 0.29) is 0 Å². The number of fused-ring (bicyclic) bond motifs is 1. The van der Waals surface area contributed by atoms with E-state index in [1.807, 2.05) is 30.4 Å². The summed E-state index contributed by atoms with van der Waals surface area (Å²) in [5.74, 6) is 2.10. The van der Waals surface area contributed by atoms with Crippen molar-refractivity contribution in [3.63, 3.8) is 0 Å². The lowest BCUT2D eigenvalue weighted by Crippen LogP contribution is -2.33. The summed E-state index contributed by atoms with van der Waals surface area (Å²) in [4.78, 5) is 12.9. The number of aliphatic imine (C=N–C) groups is 3. The van der Waals surface area contributed by atoms with Crippen LogP contribution in [0.3, 0.4) is 0 Å². The molecule has 1 aromatic carbocycles. The molecule has 1 atom stereocenters. The van der Waals surface area contributed by atoms with Crippen molar-refractivity contribution in [3.05, 3.63) is 41.5 Å². The lowest BCUT2D eigenvalue weighted by atomic mass is 10.0. The van der Waals surface area contributed by atoms with Gasteiger partial charge in [0.1, 0.15) is 5.84 Å². The van der Waals surface area contributed by atoms with Gasteiger partial charge in [-0.25, -0.2) is 9.98 Å². The quantitative estimate of drug-likeness (QED) is 0.770. The summed E-state index contributed by atoms with van der Waals surface area (Å²) < 4.78 is 16.1. The number of allylic oxidation sites excluding steroid dienone is 3. The zero-order valence-electron chi connectivity index (χ0n) is 14.9. The fraction of sp³-hybridized carbons (Fsp3) is 0.278. The molecule has 8 nitrogen and oxygen atoms in total. The van der Waals surface area contributed by atoms with Crippen molar-refractivity contribution in [2.24, 2.45) is 26.4 Å². The SMILES string of the molecule is COc1cc(C/N=C2/C=CC3=NC(N)N=C(N)C3=C2)cc(OC)c1OC. The third-order valence-corrected chi connectivity index (χ3v) is 3.97. The molecule has 136 valence electrons. The van der Waals surface area contributed by atoms with Gasteiger partial charge in [-0.2, -0.15) is 0 Å². The Labute approximate surface area is 151 Å². The van der Waals surface area contributed by atoms with Gasteiger partial charge < -0.3 is 19.9 Å². The molecule has 1 heterocycles. The molecule has 0 aromatic heterocycles. The molecule has 0 saturated heterocycles. The Balaban J connectivity index is 1.86. The predicted molar refractivity (Wildman–Crippen MR) is 101 cm³/mol. The van der Waals surface area contributed by atoms with E-state index in [4.69, 9.17) is 25.7 Å². The highest BCUT2D eigenvalue weighted by Gasteiger charge is 2.20. The van der Waals surface area contributed by atoms with Crippen LogP contribution in [0, 0.1) is 0 Å². The number of rotatable bonds is 5. The fourth-order valence-corrected chi connectivity index (χ4v) is 2.73. The van der Waals surface area contributed by atoms with Crippen LogP contribution in [0.2, 0.25) is 0 Å². The van der Waals surface area contributed by atoms with Crippen molar-refractivity contribution >= 4 is 17.3 Å². The number of methoxy groups -OCH3 is 3. The van der Waals surface area contributed by atoms with Crippen LogP contribution in [0.25, 0.3) is 0 Å². The van der Waals surface area contributed by atoms with Crippen LogP contribution < -0.4 is 25.7 Å². The van der Waals surface area contributed by atoms with Crippen LogP contribution in [0.15, 0.2) is 50.9 Å². The minimum Gasteiger partial charge on any atom is -0.493 e. The lowest BCUT2D eigenvalue weighted by molar-refractivity contribution is 0.324. The Bertz CT molecular complexity index is 843. The summed E-state index contributed by atoms with van der Waals surface area (Å²) >= 11 is 0. The second-order valence-corrected chi connectivity index (χ2v) is 5.61. The summed E-state index contributed by atoms with van der Waals surface area (Å²) in [6.45, 7) is 0.434. The average molecular weight is 355 g/mol. The molecule has 1 aromatic rings. The first-order valence-corrected chi connectivity index (χ1v) is 7.96. The number of hydrogen-bond donors (Lipinski definition) is 2. The van der Waals surface area contributed by atoms with E-state index in [0.717, 1.165) is 22.6 Å². The van der Waals surface area contributed by atoms with Gasteiger partial charge in [0.2, 0.25) is 5.75 Å². The lowest BCUT2D eigenvalue weighted by Gasteiger charge is -2.18. The van der Waals surface area contributed by atoms with Crippen LogP contribution in [0.4, 0.5) is 0 Å². The Morgan fingerprint density at radius 1 is 1.04 bits per heavy atom. The Morgan fingerprint density at radius 3 is 2.35 bits per heavy atom. The topological polar surface area (TPSA) is 117 Å². The highest BCUT2D eigenvalue weighted by Crippen LogP contribution is 2.38. The number of benzene rings is 1. The summed E-state index contributed by atoms with van der Waals surface area (Å²) in [6, 6.07) is 3.74. The molecule has 0 amide bonds. The molecule has 0 fully saturated rings. The normalized spacial score (nSPS) is 20.1. The van der Waals surface area contributed by atoms with Gasteiger partial charge in [0.25, 0.3) is 0 Å². The first-order valence-electron chi connectivity index (χ1n) is 7.96. The van der Waals surface area contributed by atoms with Crippen molar-refractivity contribution in [1.29, 1.82) is 0 Å². The van der Waals surface area contributed by atoms with Gasteiger partial charge in [0.15, 0.2) is 17.8 Å². The minimum atomic E-state index is -0.649. The molecule has 0 saturated carbocycles. The minimum absolute atomic E-state index is 0.368. The highest BCUT2D eigenvalue weighted by atomic mass is 16.5. The van der Waals surface area contributed by atoms with Gasteiger partial charge in [-0.1, -0.05) is 0 Å². The molecule has 1 aliphatic carbocycles. The van der Waals surface area contributed by atoms with E-state index in [2.05, 4.69) is 15.0 Å². The molecular formula is C18H21N5O3. The van der Waals surface area contributed by atoms with E-state index in [0.29, 0.717) is 29.6 Å². The molecule has 26 heavy (non-hydrogen) atoms. The second kappa shape index (κ2) is 7.40. The fourth-order valence-electron chi connectivity index (χ4n) is 2.73. The Kier molecular flexibility index (Phi) is 5.04. The van der Waals surface area contributed by atoms with Crippen molar-refractivity contribution in [3.8, 4) is 17.2 Å². The number of amidine groups is 1. The third kappa shape index (κ3) is 3.45. The van der Waals surface area contributed by atoms with Crippen LogP contribution in [0.1, 0.15) is 5.56 Å². The number of nitrogens with two attached hydrogens (primary N) is 2. The number of ether oxygens (including phenoxy) is 3. The van der Waals surface area contributed by atoms with Gasteiger partial charge in [0.05, 0.1) is 39.3 Å². The molecule has 2 aliphatic rings. The first kappa shape index (κ1) is 17.7.